The van der Waals surface area contributed by atoms with E-state index in [-0.39, 0.29) is 18.1 Å². The van der Waals surface area contributed by atoms with Gasteiger partial charge in [0.05, 0.1) is 5.60 Å². The van der Waals surface area contributed by atoms with Crippen molar-refractivity contribution in [1.29, 1.82) is 0 Å². The Morgan fingerprint density at radius 3 is 2.71 bits per heavy atom. The fourth-order valence-electron chi connectivity index (χ4n) is 2.09. The van der Waals surface area contributed by atoms with Crippen LogP contribution in [0.4, 0.5) is 0 Å². The maximum atomic E-state index is 11.6. The maximum Gasteiger partial charge on any atom is 0.243 e. The van der Waals surface area contributed by atoms with Crippen LogP contribution in [-0.2, 0) is 9.53 Å². The number of likely N-dealkylation sites (N-methyl/N-ethyl adjacent to an activating group) is 1. The number of hydrogen-bond donors (Lipinski definition) is 2. The first-order valence-electron chi connectivity index (χ1n) is 7.83. The van der Waals surface area contributed by atoms with Gasteiger partial charge in [-0.1, -0.05) is 13.3 Å². The fraction of sp³-hybridized carbons (Fsp3) is 0.867. The molecule has 0 aromatic carbocycles. The molecule has 1 aliphatic rings. The van der Waals surface area contributed by atoms with E-state index in [2.05, 4.69) is 29.5 Å². The van der Waals surface area contributed by atoms with E-state index < -0.39 is 0 Å². The van der Waals surface area contributed by atoms with Crippen molar-refractivity contribution in [1.82, 2.24) is 15.5 Å². The Morgan fingerprint density at radius 1 is 1.38 bits per heavy atom. The van der Waals surface area contributed by atoms with E-state index in [0.29, 0.717) is 12.5 Å². The highest BCUT2D eigenvalue weighted by atomic mass is 16.5. The fourth-order valence-corrected chi connectivity index (χ4v) is 2.09. The summed E-state index contributed by atoms with van der Waals surface area (Å²) in [6.07, 6.45) is 4.36. The molecule has 122 valence electrons. The minimum Gasteiger partial charge on any atom is -0.373 e. The van der Waals surface area contributed by atoms with Crippen molar-refractivity contribution in [3.8, 4) is 0 Å². The van der Waals surface area contributed by atoms with Crippen LogP contribution in [0.5, 0.6) is 0 Å². The Balaban J connectivity index is 2.50. The first kappa shape index (κ1) is 17.8. The molecule has 0 aromatic rings. The number of unbranched alkanes of at least 4 members (excludes halogenated alkanes) is 1. The summed E-state index contributed by atoms with van der Waals surface area (Å²) in [4.78, 5) is 17.5. The zero-order valence-corrected chi connectivity index (χ0v) is 13.9. The van der Waals surface area contributed by atoms with Gasteiger partial charge in [-0.05, 0) is 26.2 Å². The van der Waals surface area contributed by atoms with E-state index in [1.807, 2.05) is 0 Å². The van der Waals surface area contributed by atoms with Gasteiger partial charge >= 0.3 is 0 Å². The Hall–Kier alpha value is -1.30. The summed E-state index contributed by atoms with van der Waals surface area (Å²) in [6.45, 7) is 6.81. The van der Waals surface area contributed by atoms with Crippen molar-refractivity contribution in [2.75, 3.05) is 40.3 Å². The summed E-state index contributed by atoms with van der Waals surface area (Å²) < 4.78 is 5.76. The summed E-state index contributed by atoms with van der Waals surface area (Å²) in [5, 5.41) is 6.57. The molecule has 0 radical (unpaired) electrons. The molecule has 1 amide bonds. The van der Waals surface area contributed by atoms with Crippen molar-refractivity contribution in [3.63, 3.8) is 0 Å². The summed E-state index contributed by atoms with van der Waals surface area (Å²) >= 11 is 0. The minimum absolute atomic E-state index is 0.00470. The highest BCUT2D eigenvalue weighted by molar-refractivity contribution is 5.84. The molecule has 1 aliphatic heterocycles. The molecule has 1 heterocycles. The number of guanidine groups is 1. The third-order valence-corrected chi connectivity index (χ3v) is 3.62. The molecule has 1 atom stereocenters. The second kappa shape index (κ2) is 8.87. The van der Waals surface area contributed by atoms with Crippen LogP contribution in [0.15, 0.2) is 4.99 Å². The van der Waals surface area contributed by atoms with Crippen molar-refractivity contribution >= 4 is 11.9 Å². The third-order valence-electron chi connectivity index (χ3n) is 3.62. The van der Waals surface area contributed by atoms with Crippen LogP contribution in [0.3, 0.4) is 0 Å². The molecule has 6 heteroatoms. The molecule has 0 saturated carbocycles. The van der Waals surface area contributed by atoms with Gasteiger partial charge in [0, 0.05) is 33.8 Å². The summed E-state index contributed by atoms with van der Waals surface area (Å²) in [7, 11) is 3.48. The molecule has 2 N–H and O–H groups in total. The molecular weight excluding hydrogens is 268 g/mol. The Bertz CT molecular complexity index is 350. The summed E-state index contributed by atoms with van der Waals surface area (Å²) in [5.41, 5.74) is -0.126. The number of carbonyl (C=O) groups is 1. The normalized spacial score (nSPS) is 22.2. The first-order valence-corrected chi connectivity index (χ1v) is 7.83. The average molecular weight is 298 g/mol. The molecule has 1 saturated heterocycles. The lowest BCUT2D eigenvalue weighted by Crippen LogP contribution is -2.46. The van der Waals surface area contributed by atoms with Crippen LogP contribution < -0.4 is 10.6 Å². The minimum atomic E-state index is -0.126. The highest BCUT2D eigenvalue weighted by Gasteiger charge is 2.29. The van der Waals surface area contributed by atoms with Gasteiger partial charge in [-0.15, -0.1) is 0 Å². The molecule has 1 fully saturated rings. The molecular formula is C15H30N4O2. The predicted molar refractivity (Wildman–Crippen MR) is 85.5 cm³/mol. The lowest BCUT2D eigenvalue weighted by molar-refractivity contribution is -0.127. The van der Waals surface area contributed by atoms with E-state index in [0.717, 1.165) is 38.8 Å². The standard InChI is InChI=1S/C15H30N4O2/c1-5-6-9-16-14(17-11-13(20)19(3)4)18-12-15(2)8-7-10-21-15/h5-12H2,1-4H3,(H2,16,17,18). The van der Waals surface area contributed by atoms with E-state index in [4.69, 9.17) is 4.74 Å². The Kier molecular flexibility index (Phi) is 7.50. The summed E-state index contributed by atoms with van der Waals surface area (Å²) in [6, 6.07) is 0. The van der Waals surface area contributed by atoms with E-state index in [1.165, 1.54) is 0 Å². The monoisotopic (exact) mass is 298 g/mol. The lowest BCUT2D eigenvalue weighted by atomic mass is 10.0. The van der Waals surface area contributed by atoms with Gasteiger partial charge in [-0.2, -0.15) is 0 Å². The number of ether oxygens (including phenoxy) is 1. The van der Waals surface area contributed by atoms with Crippen molar-refractivity contribution in [2.24, 2.45) is 4.99 Å². The van der Waals surface area contributed by atoms with E-state index >= 15 is 0 Å². The van der Waals surface area contributed by atoms with Gasteiger partial charge < -0.3 is 20.3 Å². The van der Waals surface area contributed by atoms with Gasteiger partial charge in [-0.3, -0.25) is 4.79 Å². The van der Waals surface area contributed by atoms with Crippen LogP contribution in [0.25, 0.3) is 0 Å². The molecule has 0 bridgehead atoms. The number of hydrogen-bond acceptors (Lipinski definition) is 3. The molecule has 0 aromatic heterocycles. The molecule has 1 unspecified atom stereocenters. The first-order chi connectivity index (χ1) is 9.97. The van der Waals surface area contributed by atoms with Crippen LogP contribution >= 0.6 is 0 Å². The Morgan fingerprint density at radius 2 is 2.14 bits per heavy atom. The molecule has 1 rings (SSSR count). The number of nitrogens with zero attached hydrogens (tertiary/aromatic N) is 2. The zero-order valence-electron chi connectivity index (χ0n) is 13.9. The summed E-state index contributed by atoms with van der Waals surface area (Å²) in [5.74, 6) is 0.685. The molecule has 0 spiro atoms. The van der Waals surface area contributed by atoms with E-state index in [1.54, 1.807) is 19.0 Å². The molecule has 21 heavy (non-hydrogen) atoms. The van der Waals surface area contributed by atoms with E-state index in [9.17, 15) is 4.79 Å². The van der Waals surface area contributed by atoms with Crippen molar-refractivity contribution in [3.05, 3.63) is 0 Å². The van der Waals surface area contributed by atoms with Crippen molar-refractivity contribution < 1.29 is 9.53 Å². The number of rotatable bonds is 7. The smallest absolute Gasteiger partial charge is 0.243 e. The quantitative estimate of drug-likeness (QED) is 0.418. The molecule has 6 nitrogen and oxygen atoms in total. The Labute approximate surface area is 128 Å². The predicted octanol–water partition coefficient (Wildman–Crippen LogP) is 0.979. The zero-order chi connectivity index (χ0) is 15.7. The van der Waals surface area contributed by atoms with Gasteiger partial charge in [0.15, 0.2) is 5.96 Å². The lowest BCUT2D eigenvalue weighted by Gasteiger charge is -2.25. The van der Waals surface area contributed by atoms with Crippen LogP contribution in [0.2, 0.25) is 0 Å². The van der Waals surface area contributed by atoms with Gasteiger partial charge in [-0.25, -0.2) is 4.99 Å². The van der Waals surface area contributed by atoms with Gasteiger partial charge in [0.2, 0.25) is 5.91 Å². The van der Waals surface area contributed by atoms with Crippen molar-refractivity contribution in [2.45, 2.75) is 45.1 Å². The maximum absolute atomic E-state index is 11.6. The third kappa shape index (κ3) is 6.80. The number of amides is 1. The topological polar surface area (TPSA) is 66.0 Å². The number of aliphatic imine (C=N–C) groups is 1. The van der Waals surface area contributed by atoms with Gasteiger partial charge in [0.25, 0.3) is 0 Å². The van der Waals surface area contributed by atoms with Crippen LogP contribution in [0.1, 0.15) is 39.5 Å². The molecule has 0 aliphatic carbocycles. The van der Waals surface area contributed by atoms with Crippen LogP contribution in [-0.4, -0.2) is 62.7 Å². The second-order valence-corrected chi connectivity index (χ2v) is 5.99. The SMILES string of the molecule is CCCCNC(=NCC(=O)N(C)C)NCC1(C)CCCO1. The number of nitrogens with one attached hydrogen (secondary N) is 2. The second-order valence-electron chi connectivity index (χ2n) is 5.99. The largest absolute Gasteiger partial charge is 0.373 e. The number of carbonyl (C=O) groups excluding carboxylic acids is 1. The average Bonchev–Trinajstić information content (AvgIpc) is 2.88. The highest BCUT2D eigenvalue weighted by Crippen LogP contribution is 2.23. The van der Waals surface area contributed by atoms with Gasteiger partial charge in [0.1, 0.15) is 6.54 Å². The van der Waals surface area contributed by atoms with Crippen LogP contribution in [0, 0.1) is 0 Å².